The molecule has 1 N–H and O–H groups in total. The van der Waals surface area contributed by atoms with E-state index in [9.17, 15) is 8.42 Å². The first-order valence-corrected chi connectivity index (χ1v) is 9.55. The summed E-state index contributed by atoms with van der Waals surface area (Å²) in [5.74, 6) is 3.48. The fraction of sp³-hybridized carbons (Fsp3) is 0.733. The molecular formula is C15H24N2O3S. The van der Waals surface area contributed by atoms with Crippen molar-refractivity contribution in [2.75, 3.05) is 19.3 Å². The number of hydrogen-bond acceptors (Lipinski definition) is 4. The summed E-state index contributed by atoms with van der Waals surface area (Å²) in [5.41, 5.74) is 0. The van der Waals surface area contributed by atoms with Gasteiger partial charge in [0.15, 0.2) is 0 Å². The summed E-state index contributed by atoms with van der Waals surface area (Å²) in [7, 11) is -3.03. The summed E-state index contributed by atoms with van der Waals surface area (Å²) in [6.07, 6.45) is 4.24. The fourth-order valence-electron chi connectivity index (χ4n) is 3.04. The van der Waals surface area contributed by atoms with E-state index in [2.05, 4.69) is 24.4 Å². The minimum Gasteiger partial charge on any atom is -0.464 e. The van der Waals surface area contributed by atoms with Crippen LogP contribution in [0.15, 0.2) is 16.5 Å². The third-order valence-electron chi connectivity index (χ3n) is 4.65. The highest BCUT2D eigenvalue weighted by Crippen LogP contribution is 2.47. The molecule has 1 saturated carbocycles. The number of nitrogens with zero attached hydrogens (tertiary/aromatic N) is 1. The molecule has 6 heteroatoms. The highest BCUT2D eigenvalue weighted by molar-refractivity contribution is 7.88. The van der Waals surface area contributed by atoms with Crippen LogP contribution in [-0.4, -0.2) is 38.1 Å². The molecule has 21 heavy (non-hydrogen) atoms. The SMILES string of the molecule is C[C@@H]1C[C@@H]1c1ccc(CNC2CCN(S(C)(=O)=O)CC2)o1. The number of nitrogens with one attached hydrogen (secondary N) is 1. The van der Waals surface area contributed by atoms with E-state index >= 15 is 0 Å². The molecule has 1 aliphatic heterocycles. The predicted molar refractivity (Wildman–Crippen MR) is 81.5 cm³/mol. The molecule has 0 aromatic carbocycles. The van der Waals surface area contributed by atoms with Crippen LogP contribution in [0.1, 0.15) is 43.6 Å². The number of furan rings is 1. The van der Waals surface area contributed by atoms with E-state index in [1.54, 1.807) is 4.31 Å². The maximum Gasteiger partial charge on any atom is 0.211 e. The quantitative estimate of drug-likeness (QED) is 0.902. The zero-order valence-electron chi connectivity index (χ0n) is 12.7. The van der Waals surface area contributed by atoms with Gasteiger partial charge in [0.25, 0.3) is 0 Å². The molecule has 0 bridgehead atoms. The molecule has 1 aromatic heterocycles. The Labute approximate surface area is 126 Å². The Morgan fingerprint density at radius 1 is 1.33 bits per heavy atom. The number of hydrogen-bond donors (Lipinski definition) is 1. The fourth-order valence-corrected chi connectivity index (χ4v) is 3.92. The Morgan fingerprint density at radius 3 is 2.57 bits per heavy atom. The third-order valence-corrected chi connectivity index (χ3v) is 5.95. The Kier molecular flexibility index (Phi) is 4.12. The van der Waals surface area contributed by atoms with Gasteiger partial charge in [0.05, 0.1) is 12.8 Å². The lowest BCUT2D eigenvalue weighted by molar-refractivity contribution is 0.284. The van der Waals surface area contributed by atoms with E-state index in [0.29, 0.717) is 25.0 Å². The monoisotopic (exact) mass is 312 g/mol. The lowest BCUT2D eigenvalue weighted by Gasteiger charge is -2.30. The van der Waals surface area contributed by atoms with E-state index in [1.807, 2.05) is 0 Å². The van der Waals surface area contributed by atoms with Crippen LogP contribution in [0.3, 0.4) is 0 Å². The van der Waals surface area contributed by atoms with Crippen LogP contribution >= 0.6 is 0 Å². The maximum atomic E-state index is 11.5. The first-order valence-electron chi connectivity index (χ1n) is 7.70. The van der Waals surface area contributed by atoms with E-state index < -0.39 is 10.0 Å². The summed E-state index contributed by atoms with van der Waals surface area (Å²) in [6.45, 7) is 4.20. The number of piperidine rings is 1. The van der Waals surface area contributed by atoms with Crippen molar-refractivity contribution in [1.29, 1.82) is 0 Å². The van der Waals surface area contributed by atoms with Crippen molar-refractivity contribution in [3.05, 3.63) is 23.7 Å². The smallest absolute Gasteiger partial charge is 0.211 e. The van der Waals surface area contributed by atoms with Crippen molar-refractivity contribution in [1.82, 2.24) is 9.62 Å². The molecule has 1 aromatic rings. The normalized spacial score (nSPS) is 27.9. The first-order chi connectivity index (χ1) is 9.93. The van der Waals surface area contributed by atoms with Crippen molar-refractivity contribution in [2.45, 2.75) is 44.7 Å². The van der Waals surface area contributed by atoms with E-state index in [4.69, 9.17) is 4.42 Å². The average molecular weight is 312 g/mol. The van der Waals surface area contributed by atoms with Crippen molar-refractivity contribution in [3.8, 4) is 0 Å². The third kappa shape index (κ3) is 3.67. The Bertz CT molecular complexity index is 588. The van der Waals surface area contributed by atoms with Crippen LogP contribution in [0.4, 0.5) is 0 Å². The summed E-state index contributed by atoms with van der Waals surface area (Å²) in [4.78, 5) is 0. The summed E-state index contributed by atoms with van der Waals surface area (Å²) >= 11 is 0. The van der Waals surface area contributed by atoms with E-state index in [1.165, 1.54) is 12.7 Å². The zero-order chi connectivity index (χ0) is 15.0. The number of rotatable bonds is 5. The lowest BCUT2D eigenvalue weighted by Crippen LogP contribution is -2.44. The minimum atomic E-state index is -3.03. The van der Waals surface area contributed by atoms with Crippen LogP contribution in [0.2, 0.25) is 0 Å². The Balaban J connectivity index is 1.45. The first kappa shape index (κ1) is 15.1. The van der Waals surface area contributed by atoms with Crippen molar-refractivity contribution >= 4 is 10.0 Å². The molecule has 2 atom stereocenters. The lowest BCUT2D eigenvalue weighted by atomic mass is 10.1. The number of sulfonamides is 1. The van der Waals surface area contributed by atoms with Gasteiger partial charge >= 0.3 is 0 Å². The molecule has 0 radical (unpaired) electrons. The van der Waals surface area contributed by atoms with Crippen molar-refractivity contribution in [2.24, 2.45) is 5.92 Å². The zero-order valence-corrected chi connectivity index (χ0v) is 13.5. The van der Waals surface area contributed by atoms with Crippen LogP contribution in [0.5, 0.6) is 0 Å². The van der Waals surface area contributed by atoms with Gasteiger partial charge in [-0.3, -0.25) is 0 Å². The van der Waals surface area contributed by atoms with Gasteiger partial charge in [0.2, 0.25) is 10.0 Å². The largest absolute Gasteiger partial charge is 0.464 e. The van der Waals surface area contributed by atoms with Crippen LogP contribution in [0, 0.1) is 5.92 Å². The molecule has 5 nitrogen and oxygen atoms in total. The van der Waals surface area contributed by atoms with Gasteiger partial charge in [-0.15, -0.1) is 0 Å². The second-order valence-electron chi connectivity index (χ2n) is 6.44. The molecule has 2 aliphatic rings. The van der Waals surface area contributed by atoms with E-state index in [-0.39, 0.29) is 0 Å². The van der Waals surface area contributed by atoms with Crippen molar-refractivity contribution in [3.63, 3.8) is 0 Å². The molecule has 0 unspecified atom stereocenters. The van der Waals surface area contributed by atoms with E-state index in [0.717, 1.165) is 36.8 Å². The van der Waals surface area contributed by atoms with Gasteiger partial charge in [0, 0.05) is 25.0 Å². The van der Waals surface area contributed by atoms with Gasteiger partial charge in [0.1, 0.15) is 11.5 Å². The molecule has 1 saturated heterocycles. The van der Waals surface area contributed by atoms with Crippen LogP contribution in [0.25, 0.3) is 0 Å². The summed E-state index contributed by atoms with van der Waals surface area (Å²) in [6, 6.07) is 4.52. The topological polar surface area (TPSA) is 62.6 Å². The highest BCUT2D eigenvalue weighted by Gasteiger charge is 2.36. The molecule has 0 amide bonds. The Morgan fingerprint density at radius 2 is 2.00 bits per heavy atom. The standard InChI is InChI=1S/C15H24N2O3S/c1-11-9-14(11)15-4-3-13(20-15)10-16-12-5-7-17(8-6-12)21(2,18)19/h3-4,11-12,14,16H,5-10H2,1-2H3/t11-,14+/m1/s1. The second-order valence-corrected chi connectivity index (χ2v) is 8.42. The molecule has 0 spiro atoms. The Hall–Kier alpha value is -0.850. The molecule has 1 aliphatic carbocycles. The summed E-state index contributed by atoms with van der Waals surface area (Å²) < 4.78 is 30.4. The highest BCUT2D eigenvalue weighted by atomic mass is 32.2. The molecule has 2 fully saturated rings. The van der Waals surface area contributed by atoms with Crippen LogP contribution < -0.4 is 5.32 Å². The van der Waals surface area contributed by atoms with Gasteiger partial charge in [-0.2, -0.15) is 0 Å². The van der Waals surface area contributed by atoms with Crippen molar-refractivity contribution < 1.29 is 12.8 Å². The average Bonchev–Trinajstić information content (AvgIpc) is 2.99. The van der Waals surface area contributed by atoms with Gasteiger partial charge in [-0.1, -0.05) is 6.92 Å². The maximum absolute atomic E-state index is 11.5. The predicted octanol–water partition coefficient (Wildman–Crippen LogP) is 1.92. The van der Waals surface area contributed by atoms with Gasteiger partial charge in [-0.25, -0.2) is 12.7 Å². The molecular weight excluding hydrogens is 288 g/mol. The molecule has 3 rings (SSSR count). The van der Waals surface area contributed by atoms with Gasteiger partial charge in [-0.05, 0) is 37.3 Å². The molecule has 118 valence electrons. The minimum absolute atomic E-state index is 0.372. The summed E-state index contributed by atoms with van der Waals surface area (Å²) in [5, 5.41) is 3.48. The molecule has 2 heterocycles. The second kappa shape index (κ2) is 5.74. The van der Waals surface area contributed by atoms with Crippen LogP contribution in [-0.2, 0) is 16.6 Å². The van der Waals surface area contributed by atoms with Gasteiger partial charge < -0.3 is 9.73 Å².